The van der Waals surface area contributed by atoms with Crippen LogP contribution in [0.4, 0.5) is 5.69 Å². The Morgan fingerprint density at radius 1 is 0.750 bits per heavy atom. The monoisotopic (exact) mass is 379 g/mol. The molecule has 0 aliphatic carbocycles. The van der Waals surface area contributed by atoms with E-state index in [0.717, 1.165) is 11.1 Å². The number of nitro groups is 1. The third kappa shape index (κ3) is 4.06. The molecule has 0 aliphatic heterocycles. The lowest BCUT2D eigenvalue weighted by Gasteiger charge is -2.13. The van der Waals surface area contributed by atoms with E-state index in [1.807, 2.05) is 13.8 Å². The number of rotatable bonds is 5. The fourth-order valence-electron chi connectivity index (χ4n) is 3.24. The maximum Gasteiger partial charge on any atom is 0.270 e. The Hall–Kier alpha value is -3.54. The van der Waals surface area contributed by atoms with Gasteiger partial charge in [-0.3, -0.25) is 10.1 Å². The van der Waals surface area contributed by atoms with Crippen molar-refractivity contribution in [2.75, 3.05) is 0 Å². The van der Waals surface area contributed by atoms with E-state index in [2.05, 4.69) is 0 Å². The molecule has 0 atom stereocenters. The van der Waals surface area contributed by atoms with Crippen LogP contribution >= 0.6 is 0 Å². The van der Waals surface area contributed by atoms with Crippen molar-refractivity contribution in [2.45, 2.75) is 26.7 Å². The fourth-order valence-corrected chi connectivity index (χ4v) is 3.24. The molecule has 3 aromatic carbocycles. The Bertz CT molecular complexity index is 984. The zero-order valence-electron chi connectivity index (χ0n) is 15.6. The maximum atomic E-state index is 11.4. The summed E-state index contributed by atoms with van der Waals surface area (Å²) in [6, 6.07) is 12.8. The van der Waals surface area contributed by atoms with Crippen molar-refractivity contribution in [3.05, 3.63) is 92.0 Å². The van der Waals surface area contributed by atoms with E-state index in [-0.39, 0.29) is 35.8 Å². The Kier molecular flexibility index (Phi) is 5.22. The molecule has 0 heterocycles. The summed E-state index contributed by atoms with van der Waals surface area (Å²) in [5.74, 6) is 0.0520. The zero-order chi connectivity index (χ0) is 20.4. The summed E-state index contributed by atoms with van der Waals surface area (Å²) in [4.78, 5) is 10.9. The van der Waals surface area contributed by atoms with Gasteiger partial charge in [0.25, 0.3) is 5.69 Å². The highest BCUT2D eigenvalue weighted by atomic mass is 16.6. The van der Waals surface area contributed by atoms with Crippen LogP contribution in [0.2, 0.25) is 0 Å². The summed E-state index contributed by atoms with van der Waals surface area (Å²) >= 11 is 0. The van der Waals surface area contributed by atoms with Crippen LogP contribution in [0.5, 0.6) is 17.2 Å². The van der Waals surface area contributed by atoms with Crippen LogP contribution in [0, 0.1) is 24.0 Å². The smallest absolute Gasteiger partial charge is 0.270 e. The minimum absolute atomic E-state index is 0.0642. The summed E-state index contributed by atoms with van der Waals surface area (Å²) in [5.41, 5.74) is 3.54. The second-order valence-corrected chi connectivity index (χ2v) is 6.99. The van der Waals surface area contributed by atoms with E-state index in [9.17, 15) is 25.4 Å². The number of nitrogens with zero attached hydrogens (tertiary/aromatic N) is 1. The quantitative estimate of drug-likeness (QED) is 0.447. The molecule has 144 valence electrons. The van der Waals surface area contributed by atoms with Crippen molar-refractivity contribution in [1.29, 1.82) is 0 Å². The molecule has 0 fully saturated rings. The molecule has 0 unspecified atom stereocenters. The van der Waals surface area contributed by atoms with E-state index < -0.39 is 4.92 Å². The summed E-state index contributed by atoms with van der Waals surface area (Å²) in [6.45, 7) is 3.75. The van der Waals surface area contributed by atoms with Crippen molar-refractivity contribution in [3.8, 4) is 17.2 Å². The van der Waals surface area contributed by atoms with Crippen molar-refractivity contribution in [2.24, 2.45) is 0 Å². The van der Waals surface area contributed by atoms with Crippen LogP contribution in [0.25, 0.3) is 0 Å². The van der Waals surface area contributed by atoms with Gasteiger partial charge in [0.1, 0.15) is 17.2 Å². The van der Waals surface area contributed by atoms with Crippen molar-refractivity contribution >= 4 is 5.69 Å². The minimum Gasteiger partial charge on any atom is -0.508 e. The standard InChI is InChI=1S/C22H21NO5/c1-13-3-5-20(24)15(7-13)9-17-11-19(23(27)28)12-18(22(17)26)10-16-8-14(2)4-6-21(16)25/h3-8,11-12,24-26H,9-10H2,1-2H3. The van der Waals surface area contributed by atoms with Gasteiger partial charge in [-0.25, -0.2) is 0 Å². The molecule has 0 radical (unpaired) electrons. The van der Waals surface area contributed by atoms with Crippen LogP contribution in [0.15, 0.2) is 48.5 Å². The molecule has 0 amide bonds. The normalized spacial score (nSPS) is 10.8. The first kappa shape index (κ1) is 19.2. The number of hydrogen-bond donors (Lipinski definition) is 3. The van der Waals surface area contributed by atoms with Gasteiger partial charge in [0.05, 0.1) is 4.92 Å². The Balaban J connectivity index is 2.07. The van der Waals surface area contributed by atoms with Crippen LogP contribution in [0.3, 0.4) is 0 Å². The van der Waals surface area contributed by atoms with Crippen LogP contribution in [-0.2, 0) is 12.8 Å². The number of nitro benzene ring substituents is 1. The molecule has 28 heavy (non-hydrogen) atoms. The van der Waals surface area contributed by atoms with Gasteiger partial charge in [0.15, 0.2) is 0 Å². The molecule has 6 heteroatoms. The van der Waals surface area contributed by atoms with Crippen LogP contribution in [0.1, 0.15) is 33.4 Å². The lowest BCUT2D eigenvalue weighted by Crippen LogP contribution is -1.99. The molecule has 0 saturated carbocycles. The van der Waals surface area contributed by atoms with E-state index in [0.29, 0.717) is 22.3 Å². The Morgan fingerprint density at radius 2 is 1.18 bits per heavy atom. The SMILES string of the molecule is Cc1ccc(O)c(Cc2cc([N+](=O)[O-])cc(Cc3cc(C)ccc3O)c2O)c1. The Morgan fingerprint density at radius 3 is 1.57 bits per heavy atom. The molecule has 3 aromatic rings. The average molecular weight is 379 g/mol. The van der Waals surface area contributed by atoms with Gasteiger partial charge >= 0.3 is 0 Å². The highest BCUT2D eigenvalue weighted by Gasteiger charge is 2.19. The van der Waals surface area contributed by atoms with Crippen molar-refractivity contribution in [3.63, 3.8) is 0 Å². The number of phenolic OH excluding ortho intramolecular Hbond substituents is 3. The maximum absolute atomic E-state index is 11.4. The number of aromatic hydroxyl groups is 3. The van der Waals surface area contributed by atoms with Gasteiger partial charge in [-0.2, -0.15) is 0 Å². The highest BCUT2D eigenvalue weighted by molar-refractivity contribution is 5.54. The first-order valence-electron chi connectivity index (χ1n) is 8.80. The first-order chi connectivity index (χ1) is 13.2. The summed E-state index contributed by atoms with van der Waals surface area (Å²) < 4.78 is 0. The van der Waals surface area contributed by atoms with Crippen molar-refractivity contribution in [1.82, 2.24) is 0 Å². The average Bonchev–Trinajstić information content (AvgIpc) is 2.64. The van der Waals surface area contributed by atoms with Gasteiger partial charge in [-0.05, 0) is 37.1 Å². The van der Waals surface area contributed by atoms with Crippen LogP contribution < -0.4 is 0 Å². The number of aryl methyl sites for hydroxylation is 2. The van der Waals surface area contributed by atoms with Gasteiger partial charge in [0.2, 0.25) is 0 Å². The number of hydrogen-bond acceptors (Lipinski definition) is 5. The molecular weight excluding hydrogens is 358 g/mol. The lowest BCUT2D eigenvalue weighted by molar-refractivity contribution is -0.385. The molecule has 0 saturated heterocycles. The molecule has 3 rings (SSSR count). The van der Waals surface area contributed by atoms with Gasteiger partial charge < -0.3 is 15.3 Å². The second kappa shape index (κ2) is 7.60. The summed E-state index contributed by atoms with van der Waals surface area (Å²) in [5, 5.41) is 42.3. The predicted molar refractivity (Wildman–Crippen MR) is 106 cm³/mol. The summed E-state index contributed by atoms with van der Waals surface area (Å²) in [7, 11) is 0. The zero-order valence-corrected chi connectivity index (χ0v) is 15.6. The largest absolute Gasteiger partial charge is 0.508 e. The van der Waals surface area contributed by atoms with Crippen LogP contribution in [-0.4, -0.2) is 20.2 Å². The molecule has 0 spiro atoms. The molecular formula is C22H21NO5. The van der Waals surface area contributed by atoms with Gasteiger partial charge in [-0.1, -0.05) is 35.4 Å². The molecule has 0 aliphatic rings. The molecule has 6 nitrogen and oxygen atoms in total. The third-order valence-electron chi connectivity index (χ3n) is 4.70. The molecule has 3 N–H and O–H groups in total. The number of benzene rings is 3. The molecule has 0 aromatic heterocycles. The minimum atomic E-state index is -0.515. The lowest BCUT2D eigenvalue weighted by atomic mass is 9.95. The Labute approximate surface area is 162 Å². The van der Waals surface area contributed by atoms with E-state index in [4.69, 9.17) is 0 Å². The topological polar surface area (TPSA) is 104 Å². The fraction of sp³-hybridized carbons (Fsp3) is 0.182. The predicted octanol–water partition coefficient (Wildman–Crippen LogP) is 4.51. The second-order valence-electron chi connectivity index (χ2n) is 6.99. The first-order valence-corrected chi connectivity index (χ1v) is 8.80. The number of phenols is 3. The highest BCUT2D eigenvalue weighted by Crippen LogP contribution is 2.35. The number of non-ortho nitro benzene ring substituents is 1. The van der Waals surface area contributed by atoms with Crippen molar-refractivity contribution < 1.29 is 20.2 Å². The van der Waals surface area contributed by atoms with Gasteiger partial charge in [-0.15, -0.1) is 0 Å². The third-order valence-corrected chi connectivity index (χ3v) is 4.70. The summed E-state index contributed by atoms with van der Waals surface area (Å²) in [6.07, 6.45) is 0.293. The molecule has 0 bridgehead atoms. The van der Waals surface area contributed by atoms with Gasteiger partial charge in [0, 0.05) is 36.1 Å². The van der Waals surface area contributed by atoms with E-state index in [1.165, 1.54) is 12.1 Å². The van der Waals surface area contributed by atoms with E-state index in [1.54, 1.807) is 36.4 Å². The van der Waals surface area contributed by atoms with E-state index >= 15 is 0 Å².